The Balaban J connectivity index is 2.61. The zero-order valence-corrected chi connectivity index (χ0v) is 7.41. The molecule has 12 heavy (non-hydrogen) atoms. The molecule has 0 aliphatic heterocycles. The minimum absolute atomic E-state index is 0.122. The second-order valence-electron chi connectivity index (χ2n) is 3.53. The van der Waals surface area contributed by atoms with Crippen LogP contribution in [0.4, 0.5) is 0 Å². The molecule has 3 heteroatoms. The molecule has 0 amide bonds. The predicted octanol–water partition coefficient (Wildman–Crippen LogP) is 1.32. The fourth-order valence-corrected chi connectivity index (χ4v) is 1.75. The maximum absolute atomic E-state index is 11.1. The third kappa shape index (κ3) is 1.36. The van der Waals surface area contributed by atoms with Gasteiger partial charge >= 0.3 is 5.97 Å². The largest absolute Gasteiger partial charge is 0.481 e. The van der Waals surface area contributed by atoms with E-state index in [9.17, 15) is 9.59 Å². The van der Waals surface area contributed by atoms with Crippen LogP contribution in [0.1, 0.15) is 26.7 Å². The number of aliphatic carboxylic acids is 1. The summed E-state index contributed by atoms with van der Waals surface area (Å²) in [6.45, 7) is 3.92. The number of carbonyl (C=O) groups is 2. The molecule has 0 saturated heterocycles. The van der Waals surface area contributed by atoms with E-state index >= 15 is 0 Å². The van der Waals surface area contributed by atoms with Crippen LogP contribution in [0.5, 0.6) is 0 Å². The number of carboxylic acids is 1. The van der Waals surface area contributed by atoms with Gasteiger partial charge in [0.05, 0.1) is 5.92 Å². The lowest BCUT2D eigenvalue weighted by molar-refractivity contribution is -0.157. The van der Waals surface area contributed by atoms with Gasteiger partial charge in [0.15, 0.2) is 0 Å². The van der Waals surface area contributed by atoms with E-state index in [-0.39, 0.29) is 24.0 Å². The fraction of sp³-hybridized carbons (Fsp3) is 0.778. The van der Waals surface area contributed by atoms with Crippen molar-refractivity contribution in [3.63, 3.8) is 0 Å². The Labute approximate surface area is 71.8 Å². The van der Waals surface area contributed by atoms with Crippen molar-refractivity contribution in [2.45, 2.75) is 26.7 Å². The van der Waals surface area contributed by atoms with Crippen LogP contribution in [0, 0.1) is 17.8 Å². The van der Waals surface area contributed by atoms with E-state index in [0.717, 1.165) is 6.42 Å². The Kier molecular flexibility index (Phi) is 2.50. The first-order valence-corrected chi connectivity index (χ1v) is 4.33. The summed E-state index contributed by atoms with van der Waals surface area (Å²) >= 11 is 0. The monoisotopic (exact) mass is 170 g/mol. The molecule has 0 spiro atoms. The predicted molar refractivity (Wildman–Crippen MR) is 43.7 cm³/mol. The topological polar surface area (TPSA) is 54.4 Å². The van der Waals surface area contributed by atoms with E-state index < -0.39 is 11.9 Å². The third-order valence-corrected chi connectivity index (χ3v) is 2.80. The molecule has 1 saturated carbocycles. The summed E-state index contributed by atoms with van der Waals surface area (Å²) < 4.78 is 0. The number of rotatable bonds is 3. The van der Waals surface area contributed by atoms with Crippen LogP contribution < -0.4 is 0 Å². The lowest BCUT2D eigenvalue weighted by atomic mass is 9.66. The quantitative estimate of drug-likeness (QED) is 0.695. The standard InChI is InChI=1S/C9H14O3/c1-3-5(2)8-6(9(11)12)4-7(8)10/h5-6,8H,3-4H2,1-2H3,(H,11,12). The minimum atomic E-state index is -0.820. The molecule has 0 radical (unpaired) electrons. The van der Waals surface area contributed by atoms with E-state index in [1.807, 2.05) is 13.8 Å². The van der Waals surface area contributed by atoms with Crippen molar-refractivity contribution >= 4 is 11.8 Å². The summed E-state index contributed by atoms with van der Waals surface area (Å²) in [6, 6.07) is 0. The van der Waals surface area contributed by atoms with Crippen LogP contribution in [-0.2, 0) is 9.59 Å². The molecule has 1 aliphatic carbocycles. The van der Waals surface area contributed by atoms with Crippen molar-refractivity contribution in [3.8, 4) is 0 Å². The number of carbonyl (C=O) groups excluding carboxylic acids is 1. The molecule has 1 aliphatic rings. The fourth-order valence-electron chi connectivity index (χ4n) is 1.75. The van der Waals surface area contributed by atoms with Crippen LogP contribution in [-0.4, -0.2) is 16.9 Å². The SMILES string of the molecule is CCC(C)C1C(=O)CC1C(=O)O. The molecule has 3 nitrogen and oxygen atoms in total. The second kappa shape index (κ2) is 3.25. The Morgan fingerprint density at radius 3 is 2.67 bits per heavy atom. The summed E-state index contributed by atoms with van der Waals surface area (Å²) in [4.78, 5) is 21.7. The molecule has 0 aromatic rings. The Hall–Kier alpha value is -0.860. The van der Waals surface area contributed by atoms with Gasteiger partial charge < -0.3 is 5.11 Å². The van der Waals surface area contributed by atoms with Gasteiger partial charge in [0.2, 0.25) is 0 Å². The van der Waals surface area contributed by atoms with E-state index in [4.69, 9.17) is 5.11 Å². The first-order chi connectivity index (χ1) is 5.57. The zero-order valence-electron chi connectivity index (χ0n) is 7.41. The normalized spacial score (nSPS) is 31.0. The molecule has 1 N–H and O–H groups in total. The average molecular weight is 170 g/mol. The summed E-state index contributed by atoms with van der Waals surface area (Å²) in [5.74, 6) is -1.11. The van der Waals surface area contributed by atoms with Crippen LogP contribution in [0.15, 0.2) is 0 Å². The highest BCUT2D eigenvalue weighted by molar-refractivity contribution is 5.96. The lowest BCUT2D eigenvalue weighted by Crippen LogP contribution is -2.45. The van der Waals surface area contributed by atoms with Crippen LogP contribution in [0.3, 0.4) is 0 Å². The van der Waals surface area contributed by atoms with Gasteiger partial charge in [-0.15, -0.1) is 0 Å². The van der Waals surface area contributed by atoms with E-state index in [2.05, 4.69) is 0 Å². The van der Waals surface area contributed by atoms with Gasteiger partial charge in [0.25, 0.3) is 0 Å². The maximum Gasteiger partial charge on any atom is 0.307 e. The highest BCUT2D eigenvalue weighted by atomic mass is 16.4. The van der Waals surface area contributed by atoms with Gasteiger partial charge in [0.1, 0.15) is 5.78 Å². The van der Waals surface area contributed by atoms with Gasteiger partial charge in [-0.05, 0) is 5.92 Å². The summed E-state index contributed by atoms with van der Waals surface area (Å²) in [5.41, 5.74) is 0. The molecule has 0 aromatic heterocycles. The Morgan fingerprint density at radius 1 is 1.75 bits per heavy atom. The summed E-state index contributed by atoms with van der Waals surface area (Å²) in [5, 5.41) is 8.71. The van der Waals surface area contributed by atoms with Crippen LogP contribution >= 0.6 is 0 Å². The molecule has 0 bridgehead atoms. The van der Waals surface area contributed by atoms with E-state index in [0.29, 0.717) is 0 Å². The van der Waals surface area contributed by atoms with E-state index in [1.165, 1.54) is 0 Å². The number of hydrogen-bond donors (Lipinski definition) is 1. The number of carboxylic acid groups (broad SMARTS) is 1. The number of Topliss-reactive ketones (excluding diaryl/α,β-unsaturated/α-hetero) is 1. The molecule has 3 atom stereocenters. The van der Waals surface area contributed by atoms with E-state index in [1.54, 1.807) is 0 Å². The highest BCUT2D eigenvalue weighted by Crippen LogP contribution is 2.37. The highest BCUT2D eigenvalue weighted by Gasteiger charge is 2.46. The molecule has 0 aromatic carbocycles. The van der Waals surface area contributed by atoms with Crippen molar-refractivity contribution in [2.75, 3.05) is 0 Å². The van der Waals surface area contributed by atoms with Crippen molar-refractivity contribution in [2.24, 2.45) is 17.8 Å². The first kappa shape index (κ1) is 9.23. The second-order valence-corrected chi connectivity index (χ2v) is 3.53. The lowest BCUT2D eigenvalue weighted by Gasteiger charge is -2.35. The van der Waals surface area contributed by atoms with Crippen molar-refractivity contribution in [3.05, 3.63) is 0 Å². The summed E-state index contributed by atoms with van der Waals surface area (Å²) in [6.07, 6.45) is 1.12. The molecular weight excluding hydrogens is 156 g/mol. The van der Waals surface area contributed by atoms with Crippen LogP contribution in [0.2, 0.25) is 0 Å². The molecule has 1 rings (SSSR count). The molecule has 0 heterocycles. The van der Waals surface area contributed by atoms with Crippen molar-refractivity contribution in [1.29, 1.82) is 0 Å². The molecule has 1 fully saturated rings. The number of ketones is 1. The zero-order chi connectivity index (χ0) is 9.30. The van der Waals surface area contributed by atoms with Gasteiger partial charge in [-0.25, -0.2) is 0 Å². The molecule has 3 unspecified atom stereocenters. The van der Waals surface area contributed by atoms with Gasteiger partial charge in [-0.3, -0.25) is 9.59 Å². The Bertz CT molecular complexity index is 210. The Morgan fingerprint density at radius 2 is 2.33 bits per heavy atom. The van der Waals surface area contributed by atoms with Gasteiger partial charge in [0, 0.05) is 12.3 Å². The summed E-state index contributed by atoms with van der Waals surface area (Å²) in [7, 11) is 0. The first-order valence-electron chi connectivity index (χ1n) is 4.33. The maximum atomic E-state index is 11.1. The van der Waals surface area contributed by atoms with Crippen molar-refractivity contribution in [1.82, 2.24) is 0 Å². The molecular formula is C9H14O3. The van der Waals surface area contributed by atoms with Crippen LogP contribution in [0.25, 0.3) is 0 Å². The van der Waals surface area contributed by atoms with Crippen molar-refractivity contribution < 1.29 is 14.7 Å². The smallest absolute Gasteiger partial charge is 0.307 e. The third-order valence-electron chi connectivity index (χ3n) is 2.80. The minimum Gasteiger partial charge on any atom is -0.481 e. The van der Waals surface area contributed by atoms with Gasteiger partial charge in [-0.2, -0.15) is 0 Å². The van der Waals surface area contributed by atoms with Gasteiger partial charge in [-0.1, -0.05) is 20.3 Å². The molecule has 68 valence electrons. The number of hydrogen-bond acceptors (Lipinski definition) is 2. The average Bonchev–Trinajstić information content (AvgIpc) is 1.99.